The second kappa shape index (κ2) is 13.9. The maximum atomic E-state index is 12.1. The van der Waals surface area contributed by atoms with Crippen molar-refractivity contribution in [3.8, 4) is 0 Å². The monoisotopic (exact) mass is 457 g/mol. The lowest BCUT2D eigenvalue weighted by Gasteiger charge is -2.31. The fourth-order valence-electron chi connectivity index (χ4n) is 2.52. The molecule has 0 atom stereocenters. The van der Waals surface area contributed by atoms with E-state index in [0.29, 0.717) is 23.9 Å². The Bertz CT molecular complexity index is 704. The Morgan fingerprint density at radius 2 is 1.67 bits per heavy atom. The molecule has 3 N–H and O–H groups in total. The van der Waals surface area contributed by atoms with Crippen LogP contribution in [-0.4, -0.2) is 83.5 Å². The molecule has 0 radical (unpaired) electrons. The number of halogens is 1. The van der Waals surface area contributed by atoms with E-state index >= 15 is 0 Å². The number of likely N-dealkylation sites (N-methyl/N-ethyl adjacent to an activating group) is 1. The van der Waals surface area contributed by atoms with E-state index in [4.69, 9.17) is 21.8 Å². The smallest absolute Gasteiger partial charge is 0.328 e. The summed E-state index contributed by atoms with van der Waals surface area (Å²) in [6.07, 6.45) is 3.19. The first-order valence-corrected chi connectivity index (χ1v) is 10.7. The van der Waals surface area contributed by atoms with Gasteiger partial charge in [-0.2, -0.15) is 0 Å². The van der Waals surface area contributed by atoms with Gasteiger partial charge in [0.2, 0.25) is 0 Å². The molecule has 1 aliphatic rings. The molecule has 0 aromatic heterocycles. The number of amides is 2. The maximum absolute atomic E-state index is 12.1. The number of aliphatic carboxylic acids is 2. The summed E-state index contributed by atoms with van der Waals surface area (Å²) in [5, 5.41) is 20.0. The minimum absolute atomic E-state index is 0.0665. The number of hydrogen-bond donors (Lipinski definition) is 3. The van der Waals surface area contributed by atoms with Gasteiger partial charge in [0.05, 0.1) is 0 Å². The standard InChI is InChI=1S/C16H24ClN3OS.C4H4O4/c1-19(2)12-9-18-16(21)20-10-7-15(8-11-20)22-14-5-3-13(17)4-6-14;5-3(6)1-2-4(7)8/h3-6,15H,7-12H2,1-2H3,(H,18,21);1-2H,(H,5,6)(H,7,8). The molecule has 1 saturated heterocycles. The lowest BCUT2D eigenvalue weighted by atomic mass is 10.1. The lowest BCUT2D eigenvalue weighted by molar-refractivity contribution is -0.134. The van der Waals surface area contributed by atoms with Crippen molar-refractivity contribution in [1.29, 1.82) is 0 Å². The van der Waals surface area contributed by atoms with E-state index in [1.54, 1.807) is 0 Å². The quantitative estimate of drug-likeness (QED) is 0.540. The van der Waals surface area contributed by atoms with Gasteiger partial charge in [0, 0.05) is 53.5 Å². The lowest BCUT2D eigenvalue weighted by Crippen LogP contribution is -2.46. The van der Waals surface area contributed by atoms with Crippen molar-refractivity contribution in [2.45, 2.75) is 23.0 Å². The van der Waals surface area contributed by atoms with E-state index in [2.05, 4.69) is 22.3 Å². The van der Waals surface area contributed by atoms with E-state index < -0.39 is 11.9 Å². The van der Waals surface area contributed by atoms with Crippen LogP contribution < -0.4 is 5.32 Å². The molecule has 1 aromatic carbocycles. The van der Waals surface area contributed by atoms with Crippen molar-refractivity contribution in [3.05, 3.63) is 41.4 Å². The number of likely N-dealkylation sites (tertiary alicyclic amines) is 1. The number of carboxylic acids is 2. The summed E-state index contributed by atoms with van der Waals surface area (Å²) in [5.41, 5.74) is 0. The summed E-state index contributed by atoms with van der Waals surface area (Å²) in [4.78, 5) is 36.4. The number of thioether (sulfide) groups is 1. The highest BCUT2D eigenvalue weighted by molar-refractivity contribution is 8.00. The Labute approximate surface area is 185 Å². The normalized spacial score (nSPS) is 14.3. The Hall–Kier alpha value is -2.23. The number of piperidine rings is 1. The van der Waals surface area contributed by atoms with Crippen LogP contribution in [0, 0.1) is 0 Å². The molecule has 1 fully saturated rings. The van der Waals surface area contributed by atoms with Crippen LogP contribution in [-0.2, 0) is 9.59 Å². The van der Waals surface area contributed by atoms with E-state index in [9.17, 15) is 14.4 Å². The summed E-state index contributed by atoms with van der Waals surface area (Å²) in [6, 6.07) is 8.05. The molecule has 1 heterocycles. The zero-order valence-electron chi connectivity index (χ0n) is 17.1. The van der Waals surface area contributed by atoms with Gasteiger partial charge in [-0.1, -0.05) is 11.6 Å². The Morgan fingerprint density at radius 3 is 2.13 bits per heavy atom. The van der Waals surface area contributed by atoms with Crippen molar-refractivity contribution < 1.29 is 24.6 Å². The molecule has 0 unspecified atom stereocenters. The average Bonchev–Trinajstić information content (AvgIpc) is 2.69. The predicted molar refractivity (Wildman–Crippen MR) is 118 cm³/mol. The molecule has 0 aliphatic carbocycles. The number of carboxylic acid groups (broad SMARTS) is 2. The van der Waals surface area contributed by atoms with Gasteiger partial charge in [-0.25, -0.2) is 14.4 Å². The van der Waals surface area contributed by atoms with Crippen molar-refractivity contribution in [2.24, 2.45) is 0 Å². The van der Waals surface area contributed by atoms with Gasteiger partial charge >= 0.3 is 18.0 Å². The van der Waals surface area contributed by atoms with Crippen LogP contribution in [0.4, 0.5) is 4.79 Å². The molecule has 166 valence electrons. The number of nitrogens with one attached hydrogen (secondary N) is 1. The highest BCUT2D eigenvalue weighted by Crippen LogP contribution is 2.30. The minimum Gasteiger partial charge on any atom is -0.478 e. The van der Waals surface area contributed by atoms with Gasteiger partial charge in [-0.05, 0) is 51.2 Å². The van der Waals surface area contributed by atoms with Gasteiger partial charge in [-0.3, -0.25) is 0 Å². The first-order valence-electron chi connectivity index (χ1n) is 9.41. The second-order valence-electron chi connectivity index (χ2n) is 6.80. The van der Waals surface area contributed by atoms with Crippen LogP contribution >= 0.6 is 23.4 Å². The third-order valence-corrected chi connectivity index (χ3v) is 5.65. The van der Waals surface area contributed by atoms with E-state index in [1.165, 1.54) is 4.90 Å². The third kappa shape index (κ3) is 11.7. The average molecular weight is 458 g/mol. The van der Waals surface area contributed by atoms with Crippen LogP contribution in [0.3, 0.4) is 0 Å². The van der Waals surface area contributed by atoms with Crippen molar-refractivity contribution in [2.75, 3.05) is 40.3 Å². The molecule has 2 amide bonds. The molecule has 8 nitrogen and oxygen atoms in total. The van der Waals surface area contributed by atoms with Gasteiger partial charge < -0.3 is 25.3 Å². The largest absolute Gasteiger partial charge is 0.478 e. The van der Waals surface area contributed by atoms with Crippen LogP contribution in [0.25, 0.3) is 0 Å². The Kier molecular flexibility index (Phi) is 12.0. The van der Waals surface area contributed by atoms with Gasteiger partial charge in [0.15, 0.2) is 0 Å². The summed E-state index contributed by atoms with van der Waals surface area (Å²) in [7, 11) is 4.01. The van der Waals surface area contributed by atoms with Gasteiger partial charge in [0.1, 0.15) is 0 Å². The Balaban J connectivity index is 0.000000479. The first-order chi connectivity index (χ1) is 14.2. The number of carbonyl (C=O) groups is 3. The second-order valence-corrected chi connectivity index (χ2v) is 8.61. The topological polar surface area (TPSA) is 110 Å². The molecular formula is C20H28ClN3O5S. The zero-order chi connectivity index (χ0) is 22.5. The van der Waals surface area contributed by atoms with Crippen LogP contribution in [0.1, 0.15) is 12.8 Å². The predicted octanol–water partition coefficient (Wildman–Crippen LogP) is 2.88. The number of rotatable bonds is 7. The van der Waals surface area contributed by atoms with E-state index in [-0.39, 0.29) is 6.03 Å². The molecule has 0 bridgehead atoms. The van der Waals surface area contributed by atoms with Crippen LogP contribution in [0.2, 0.25) is 5.02 Å². The number of nitrogens with zero attached hydrogens (tertiary/aromatic N) is 2. The molecular weight excluding hydrogens is 430 g/mol. The molecule has 1 aromatic rings. The zero-order valence-corrected chi connectivity index (χ0v) is 18.7. The fourth-order valence-corrected chi connectivity index (χ4v) is 3.77. The molecule has 1 aliphatic heterocycles. The number of benzene rings is 1. The highest BCUT2D eigenvalue weighted by Gasteiger charge is 2.23. The Morgan fingerprint density at radius 1 is 1.13 bits per heavy atom. The minimum atomic E-state index is -1.26. The van der Waals surface area contributed by atoms with Crippen LogP contribution in [0.15, 0.2) is 41.3 Å². The summed E-state index contributed by atoms with van der Waals surface area (Å²) >= 11 is 7.79. The molecule has 2 rings (SSSR count). The maximum Gasteiger partial charge on any atom is 0.328 e. The molecule has 10 heteroatoms. The van der Waals surface area contributed by atoms with Crippen molar-refractivity contribution in [3.63, 3.8) is 0 Å². The van der Waals surface area contributed by atoms with Crippen molar-refractivity contribution >= 4 is 41.3 Å². The van der Waals surface area contributed by atoms with E-state index in [1.807, 2.05) is 42.9 Å². The first kappa shape index (κ1) is 25.8. The van der Waals surface area contributed by atoms with Gasteiger partial charge in [0.25, 0.3) is 0 Å². The fraction of sp³-hybridized carbons (Fsp3) is 0.450. The number of urea groups is 1. The molecule has 0 spiro atoms. The number of carbonyl (C=O) groups excluding carboxylic acids is 1. The third-order valence-electron chi connectivity index (χ3n) is 4.05. The van der Waals surface area contributed by atoms with Crippen molar-refractivity contribution in [1.82, 2.24) is 15.1 Å². The number of hydrogen-bond acceptors (Lipinski definition) is 5. The van der Waals surface area contributed by atoms with E-state index in [0.717, 1.165) is 37.5 Å². The SMILES string of the molecule is CN(C)CCNC(=O)N1CCC(Sc2ccc(Cl)cc2)CC1.O=C(O)C=CC(=O)O. The summed E-state index contributed by atoms with van der Waals surface area (Å²) in [6.45, 7) is 3.23. The highest BCUT2D eigenvalue weighted by atomic mass is 35.5. The summed E-state index contributed by atoms with van der Waals surface area (Å²) in [5.74, 6) is -2.51. The molecule has 30 heavy (non-hydrogen) atoms. The van der Waals surface area contributed by atoms with Gasteiger partial charge in [-0.15, -0.1) is 11.8 Å². The van der Waals surface area contributed by atoms with Crippen LogP contribution in [0.5, 0.6) is 0 Å². The summed E-state index contributed by atoms with van der Waals surface area (Å²) < 4.78 is 0. The molecule has 0 saturated carbocycles.